The van der Waals surface area contributed by atoms with Gasteiger partial charge in [-0.05, 0) is 0 Å². The van der Waals surface area contributed by atoms with Gasteiger partial charge in [-0.25, -0.2) is 18.2 Å². The summed E-state index contributed by atoms with van der Waals surface area (Å²) < 4.78 is 3.34. The van der Waals surface area contributed by atoms with Crippen LogP contribution in [0.1, 0.15) is 6.42 Å². The maximum Gasteiger partial charge on any atom is -0.163 e. The number of hydrogen-bond acceptors (Lipinski definition) is 0. The van der Waals surface area contributed by atoms with Crippen LogP contribution < -0.4 is 0 Å². The second-order valence-corrected chi connectivity index (χ2v) is 5.96. The zero-order valence-corrected chi connectivity index (χ0v) is 26.9. The zero-order chi connectivity index (χ0) is 21.8. The van der Waals surface area contributed by atoms with Crippen LogP contribution in [0.5, 0.6) is 0 Å². The number of rotatable bonds is 0. The summed E-state index contributed by atoms with van der Waals surface area (Å²) in [6.07, 6.45) is 10.0. The van der Waals surface area contributed by atoms with Crippen LogP contribution in [0.3, 0.4) is 0 Å². The molecular formula is C32H40Cl2PZr-9. The summed E-state index contributed by atoms with van der Waals surface area (Å²) in [6, 6.07) is 41.5. The molecule has 0 bridgehead atoms. The summed E-state index contributed by atoms with van der Waals surface area (Å²) in [6.45, 7) is 0. The first-order chi connectivity index (χ1) is 15.0. The van der Waals surface area contributed by atoms with Gasteiger partial charge in [-0.2, -0.15) is 133 Å². The van der Waals surface area contributed by atoms with Crippen molar-refractivity contribution in [2.24, 2.45) is 0 Å². The average Bonchev–Trinajstić information content (AvgIpc) is 3.64. The Kier molecular flexibility index (Phi) is 71.1. The van der Waals surface area contributed by atoms with E-state index in [1.807, 2.05) is 115 Å². The SMILES string of the molecule is Cl.Cl.[C-]1=CC=CC1.[CH2]=[Zr].[CH3-].[CH3-].[CH3-].[CH3-].[c-]1ccc[pH]1.[c-]1ccccc1.[c-]1ccccc1.[c-]1ccccc1. The molecule has 1 unspecified atom stereocenters. The minimum Gasteiger partial charge on any atom is -0.358 e. The molecular weight excluding hydrogens is 577 g/mol. The maximum absolute atomic E-state index is 3.34. The van der Waals surface area contributed by atoms with E-state index in [1.165, 1.54) is 24.2 Å². The standard InChI is InChI=1S/3C6H5.C5H5.C4H4P.4CH3.CH2.2ClH.Zr/c3*1-2-4-6-5-3-1;2*1-2-4-5-3-1;;;;;;;;/h3*1-5H;1-3H,4H2;1-3,5H;4*1H3;1H2;2*1H;/q9*-1;;;;. The molecule has 1 aromatic heterocycles. The molecule has 4 aromatic rings. The molecule has 200 valence electrons. The van der Waals surface area contributed by atoms with Crippen LogP contribution in [0.15, 0.2) is 127 Å². The van der Waals surface area contributed by atoms with Crippen molar-refractivity contribution in [3.63, 3.8) is 0 Å². The fourth-order valence-electron chi connectivity index (χ4n) is 1.61. The van der Waals surface area contributed by atoms with E-state index in [0.717, 1.165) is 14.6 Å². The summed E-state index contributed by atoms with van der Waals surface area (Å²) in [5.41, 5.74) is 0. The Labute approximate surface area is 253 Å². The minimum atomic E-state index is 0. The quantitative estimate of drug-likeness (QED) is 0.172. The molecule has 1 aliphatic rings. The van der Waals surface area contributed by atoms with Crippen molar-refractivity contribution >= 4 is 37.2 Å². The van der Waals surface area contributed by atoms with Crippen LogP contribution in [-0.4, -0.2) is 4.21 Å². The molecule has 0 fully saturated rings. The van der Waals surface area contributed by atoms with Crippen LogP contribution >= 0.6 is 33.0 Å². The Bertz CT molecular complexity index is 624. The summed E-state index contributed by atoms with van der Waals surface area (Å²) in [4.78, 5) is 0. The first kappa shape index (κ1) is 51.0. The van der Waals surface area contributed by atoms with Gasteiger partial charge in [0, 0.05) is 0 Å². The van der Waals surface area contributed by atoms with Gasteiger partial charge in [0.25, 0.3) is 0 Å². The van der Waals surface area contributed by atoms with Gasteiger partial charge in [-0.3, -0.25) is 14.3 Å². The van der Waals surface area contributed by atoms with E-state index >= 15 is 0 Å². The predicted octanol–water partition coefficient (Wildman–Crippen LogP) is 9.89. The molecule has 1 heterocycles. The second-order valence-electron chi connectivity index (χ2n) is 5.05. The molecule has 0 amide bonds. The minimum absolute atomic E-state index is 0. The van der Waals surface area contributed by atoms with Crippen LogP contribution in [0, 0.1) is 59.8 Å². The van der Waals surface area contributed by atoms with Crippen LogP contribution in [-0.2, 0) is 24.2 Å². The Morgan fingerprint density at radius 2 is 0.944 bits per heavy atom. The fraction of sp³-hybridized carbons (Fsp3) is 0.0312. The normalized spacial score (nSPS) is 7.86. The van der Waals surface area contributed by atoms with Gasteiger partial charge in [0.15, 0.2) is 0 Å². The third-order valence-electron chi connectivity index (χ3n) is 2.85. The van der Waals surface area contributed by atoms with E-state index in [-0.39, 0.29) is 54.5 Å². The third-order valence-corrected chi connectivity index (χ3v) is 3.54. The van der Waals surface area contributed by atoms with E-state index in [1.54, 1.807) is 0 Å². The van der Waals surface area contributed by atoms with E-state index in [4.69, 9.17) is 0 Å². The Balaban J connectivity index is -0.0000000552. The van der Waals surface area contributed by atoms with Crippen molar-refractivity contribution in [3.05, 3.63) is 187 Å². The smallest absolute Gasteiger partial charge is 0.163 e. The van der Waals surface area contributed by atoms with Crippen LogP contribution in [0.25, 0.3) is 0 Å². The number of halogens is 2. The molecule has 1 atom stereocenters. The maximum atomic E-state index is 3.34. The number of hydrogen-bond donors (Lipinski definition) is 0. The molecule has 0 saturated carbocycles. The molecule has 0 saturated heterocycles. The second kappa shape index (κ2) is 50.2. The van der Waals surface area contributed by atoms with Gasteiger partial charge in [0.05, 0.1) is 0 Å². The molecule has 0 N–H and O–H groups in total. The Morgan fingerprint density at radius 1 is 0.556 bits per heavy atom. The van der Waals surface area contributed by atoms with E-state index in [0.29, 0.717) is 0 Å². The van der Waals surface area contributed by atoms with Gasteiger partial charge in [0.1, 0.15) is 0 Å². The molecule has 1 aliphatic carbocycles. The van der Waals surface area contributed by atoms with E-state index in [9.17, 15) is 0 Å². The van der Waals surface area contributed by atoms with Gasteiger partial charge in [-0.15, -0.1) is 31.2 Å². The van der Waals surface area contributed by atoms with Crippen molar-refractivity contribution in [2.45, 2.75) is 6.42 Å². The van der Waals surface area contributed by atoms with Gasteiger partial charge in [-0.1, -0.05) is 0 Å². The van der Waals surface area contributed by atoms with Crippen molar-refractivity contribution in [1.29, 1.82) is 0 Å². The molecule has 0 spiro atoms. The summed E-state index contributed by atoms with van der Waals surface area (Å²) in [5.74, 6) is 5.11. The summed E-state index contributed by atoms with van der Waals surface area (Å²) >= 11 is 1.30. The molecule has 0 nitrogen and oxygen atoms in total. The third kappa shape index (κ3) is 45.7. The van der Waals surface area contributed by atoms with Crippen molar-refractivity contribution in [1.82, 2.24) is 0 Å². The molecule has 0 radical (unpaired) electrons. The first-order valence-corrected chi connectivity index (χ1v) is 12.1. The fourth-order valence-corrected chi connectivity index (χ4v) is 2.09. The van der Waals surface area contributed by atoms with Crippen molar-refractivity contribution in [2.75, 3.05) is 0 Å². The molecule has 4 heteroatoms. The van der Waals surface area contributed by atoms with Crippen LogP contribution in [0.2, 0.25) is 0 Å². The van der Waals surface area contributed by atoms with E-state index < -0.39 is 0 Å². The van der Waals surface area contributed by atoms with Gasteiger partial charge < -0.3 is 29.7 Å². The van der Waals surface area contributed by atoms with E-state index in [2.05, 4.69) is 46.2 Å². The van der Waals surface area contributed by atoms with Crippen LogP contribution in [0.4, 0.5) is 0 Å². The zero-order valence-electron chi connectivity index (χ0n) is 21.9. The summed E-state index contributed by atoms with van der Waals surface area (Å²) in [5, 5.41) is 0. The largest absolute Gasteiger partial charge is 0.358 e. The molecule has 5 rings (SSSR count). The predicted molar refractivity (Wildman–Crippen MR) is 169 cm³/mol. The molecule has 36 heavy (non-hydrogen) atoms. The van der Waals surface area contributed by atoms with Crippen molar-refractivity contribution in [3.8, 4) is 0 Å². The Hall–Kier alpha value is -1.75. The van der Waals surface area contributed by atoms with Gasteiger partial charge in [0.2, 0.25) is 0 Å². The topological polar surface area (TPSA) is 0 Å². The van der Waals surface area contributed by atoms with Gasteiger partial charge >= 0.3 is 28.4 Å². The number of benzene rings is 3. The molecule has 0 aliphatic heterocycles. The van der Waals surface area contributed by atoms with Crippen molar-refractivity contribution < 1.29 is 24.2 Å². The number of allylic oxidation sites excluding steroid dienone is 4. The summed E-state index contributed by atoms with van der Waals surface area (Å²) in [7, 11) is 0.823. The molecule has 3 aromatic carbocycles. The monoisotopic (exact) mass is 615 g/mol. The average molecular weight is 618 g/mol. The Morgan fingerprint density at radius 3 is 1.03 bits per heavy atom. The first-order valence-electron chi connectivity index (χ1n) is 9.30.